The summed E-state index contributed by atoms with van der Waals surface area (Å²) in [5, 5.41) is 0. The van der Waals surface area contributed by atoms with Gasteiger partial charge in [0.25, 0.3) is 5.56 Å². The zero-order valence-electron chi connectivity index (χ0n) is 16.6. The Kier molecular flexibility index (Phi) is 4.03. The van der Waals surface area contributed by atoms with Crippen molar-refractivity contribution < 1.29 is 31.1 Å². The summed E-state index contributed by atoms with van der Waals surface area (Å²) >= 11 is 0. The summed E-state index contributed by atoms with van der Waals surface area (Å²) < 4.78 is 85.0. The largest absolute Gasteiger partial charge is 0.497 e. The fraction of sp³-hybridized carbons (Fsp3) is 0.222. The molecular weight excluding hydrogens is 368 g/mol. The number of hydrogen-bond acceptors (Lipinski definition) is 4. The molecule has 3 rings (SSSR count). The average molecular weight is 385 g/mol. The van der Waals surface area contributed by atoms with Crippen LogP contribution < -0.4 is 15.0 Å². The zero-order valence-corrected chi connectivity index (χ0v) is 13.6. The average Bonchev–Trinajstić information content (AvgIpc) is 2.64. The molecular formula is C18H14F4N2O3. The Morgan fingerprint density at radius 2 is 1.93 bits per heavy atom. The van der Waals surface area contributed by atoms with Crippen LogP contribution in [0.4, 0.5) is 17.6 Å². The summed E-state index contributed by atoms with van der Waals surface area (Å²) in [5.41, 5.74) is -3.63. The third kappa shape index (κ3) is 3.71. The molecule has 1 aromatic carbocycles. The fourth-order valence-corrected chi connectivity index (χ4v) is 2.52. The van der Waals surface area contributed by atoms with Crippen molar-refractivity contribution in [1.29, 1.82) is 0 Å². The first-order valence-electron chi connectivity index (χ1n) is 9.11. The second-order valence-electron chi connectivity index (χ2n) is 5.39. The number of hydrogen-bond donors (Lipinski definition) is 0. The van der Waals surface area contributed by atoms with Crippen molar-refractivity contribution >= 4 is 5.65 Å². The Morgan fingerprint density at radius 1 is 1.19 bits per heavy atom. The standard InChI is InChI=1S/C18H14F4N2O3/c1-26-13-6-8-24-14(10-13)23-16(18(20,21)22)15(17(24)25)11-2-4-12(5-3-11)27-9-7-19/h2-6,8,10H,7,9H2,1H3/i1D3. The molecule has 0 spiro atoms. The number of halogens is 4. The SMILES string of the molecule is [2H]C([2H])([2H])Oc1ccn2c(=O)c(-c3ccc(OCCF)cc3)c(C(F)(F)F)nc2c1. The lowest BCUT2D eigenvalue weighted by atomic mass is 10.0. The number of ether oxygens (including phenoxy) is 2. The number of benzene rings is 1. The van der Waals surface area contributed by atoms with Gasteiger partial charge in [-0.1, -0.05) is 12.1 Å². The molecule has 0 unspecified atom stereocenters. The van der Waals surface area contributed by atoms with Crippen molar-refractivity contribution in [2.45, 2.75) is 6.18 Å². The van der Waals surface area contributed by atoms with Gasteiger partial charge in [-0.05, 0) is 23.8 Å². The van der Waals surface area contributed by atoms with Crippen LogP contribution in [0.2, 0.25) is 0 Å². The van der Waals surface area contributed by atoms with Crippen molar-refractivity contribution in [3.8, 4) is 22.6 Å². The number of methoxy groups -OCH3 is 1. The summed E-state index contributed by atoms with van der Waals surface area (Å²) in [4.78, 5) is 16.4. The van der Waals surface area contributed by atoms with Crippen LogP contribution in [0.3, 0.4) is 0 Å². The maximum absolute atomic E-state index is 13.7. The monoisotopic (exact) mass is 385 g/mol. The van der Waals surface area contributed by atoms with Crippen LogP contribution in [0.1, 0.15) is 9.81 Å². The van der Waals surface area contributed by atoms with Gasteiger partial charge >= 0.3 is 6.18 Å². The van der Waals surface area contributed by atoms with E-state index in [0.717, 1.165) is 22.7 Å². The lowest BCUT2D eigenvalue weighted by Crippen LogP contribution is -2.24. The Balaban J connectivity index is 2.17. The molecule has 5 nitrogen and oxygen atoms in total. The Hall–Kier alpha value is -3.10. The first-order valence-corrected chi connectivity index (χ1v) is 7.61. The Labute approximate surface area is 155 Å². The van der Waals surface area contributed by atoms with Gasteiger partial charge in [-0.25, -0.2) is 9.37 Å². The molecule has 0 aliphatic rings. The van der Waals surface area contributed by atoms with Gasteiger partial charge in [-0.3, -0.25) is 9.20 Å². The molecule has 3 aromatic rings. The topological polar surface area (TPSA) is 52.8 Å². The summed E-state index contributed by atoms with van der Waals surface area (Å²) in [7, 11) is -2.82. The summed E-state index contributed by atoms with van der Waals surface area (Å²) in [6.45, 7) is -0.947. The number of pyridine rings is 1. The predicted molar refractivity (Wildman–Crippen MR) is 89.9 cm³/mol. The van der Waals surface area contributed by atoms with Gasteiger partial charge in [0.2, 0.25) is 0 Å². The molecule has 0 atom stereocenters. The number of aromatic nitrogens is 2. The molecule has 0 radical (unpaired) electrons. The third-order valence-corrected chi connectivity index (χ3v) is 3.68. The highest BCUT2D eigenvalue weighted by atomic mass is 19.4. The van der Waals surface area contributed by atoms with E-state index in [9.17, 15) is 22.4 Å². The first-order chi connectivity index (χ1) is 14.0. The summed E-state index contributed by atoms with van der Waals surface area (Å²) in [6, 6.07) is 7.16. The fourth-order valence-electron chi connectivity index (χ4n) is 2.52. The molecule has 9 heteroatoms. The van der Waals surface area contributed by atoms with E-state index in [2.05, 4.69) is 9.72 Å². The molecule has 0 saturated carbocycles. The van der Waals surface area contributed by atoms with E-state index >= 15 is 0 Å². The smallest absolute Gasteiger partial charge is 0.434 e. The van der Waals surface area contributed by atoms with Gasteiger partial charge in [-0.15, -0.1) is 0 Å². The first kappa shape index (κ1) is 15.0. The molecule has 27 heavy (non-hydrogen) atoms. The van der Waals surface area contributed by atoms with E-state index in [-0.39, 0.29) is 23.7 Å². The lowest BCUT2D eigenvalue weighted by Gasteiger charge is -2.14. The van der Waals surface area contributed by atoms with Gasteiger partial charge in [0.05, 0.1) is 16.7 Å². The molecule has 142 valence electrons. The van der Waals surface area contributed by atoms with E-state index in [4.69, 9.17) is 8.85 Å². The number of fused-ring (bicyclic) bond motifs is 1. The molecule has 2 heterocycles. The minimum Gasteiger partial charge on any atom is -0.497 e. The van der Waals surface area contributed by atoms with Crippen LogP contribution in [-0.2, 0) is 6.18 Å². The minimum absolute atomic E-state index is 0.0651. The number of rotatable bonds is 5. The molecule has 0 amide bonds. The zero-order chi connectivity index (χ0) is 22.1. The Bertz CT molecular complexity index is 1110. The van der Waals surface area contributed by atoms with E-state index in [1.807, 2.05) is 0 Å². The summed E-state index contributed by atoms with van der Waals surface area (Å²) in [6.07, 6.45) is -3.89. The quantitative estimate of drug-likeness (QED) is 0.628. The normalized spacial score (nSPS) is 13.7. The van der Waals surface area contributed by atoms with Crippen LogP contribution in [0.25, 0.3) is 16.8 Å². The van der Waals surface area contributed by atoms with Gasteiger partial charge in [0.15, 0.2) is 5.69 Å². The second kappa shape index (κ2) is 7.26. The number of nitrogens with zero attached hydrogens (tertiary/aromatic N) is 2. The van der Waals surface area contributed by atoms with E-state index in [1.54, 1.807) is 0 Å². The van der Waals surface area contributed by atoms with Crippen molar-refractivity contribution in [1.82, 2.24) is 9.38 Å². The Morgan fingerprint density at radius 3 is 2.56 bits per heavy atom. The van der Waals surface area contributed by atoms with Crippen molar-refractivity contribution in [3.63, 3.8) is 0 Å². The molecule has 0 N–H and O–H groups in total. The van der Waals surface area contributed by atoms with Crippen LogP contribution in [-0.4, -0.2) is 29.7 Å². The second-order valence-corrected chi connectivity index (χ2v) is 5.39. The maximum Gasteiger partial charge on any atom is 0.434 e. The van der Waals surface area contributed by atoms with Crippen LogP contribution in [0.5, 0.6) is 11.5 Å². The van der Waals surface area contributed by atoms with Crippen LogP contribution in [0.15, 0.2) is 47.4 Å². The van der Waals surface area contributed by atoms with E-state index in [1.165, 1.54) is 24.3 Å². The van der Waals surface area contributed by atoms with Crippen molar-refractivity contribution in [3.05, 3.63) is 58.6 Å². The highest BCUT2D eigenvalue weighted by Gasteiger charge is 2.38. The lowest BCUT2D eigenvalue weighted by molar-refractivity contribution is -0.140. The van der Waals surface area contributed by atoms with E-state index in [0.29, 0.717) is 0 Å². The van der Waals surface area contributed by atoms with Gasteiger partial charge in [0.1, 0.15) is 30.4 Å². The number of alkyl halides is 4. The van der Waals surface area contributed by atoms with Gasteiger partial charge < -0.3 is 9.47 Å². The van der Waals surface area contributed by atoms with Crippen molar-refractivity contribution in [2.75, 3.05) is 20.3 Å². The minimum atomic E-state index is -4.96. The highest BCUT2D eigenvalue weighted by molar-refractivity contribution is 5.68. The molecule has 0 fully saturated rings. The maximum atomic E-state index is 13.7. The molecule has 0 bridgehead atoms. The van der Waals surface area contributed by atoms with Gasteiger partial charge in [0, 0.05) is 12.3 Å². The molecule has 0 saturated heterocycles. The third-order valence-electron chi connectivity index (χ3n) is 3.68. The van der Waals surface area contributed by atoms with Crippen LogP contribution >= 0.6 is 0 Å². The molecule has 2 aromatic heterocycles. The van der Waals surface area contributed by atoms with Gasteiger partial charge in [-0.2, -0.15) is 13.2 Å². The molecule has 0 aliphatic heterocycles. The molecule has 0 aliphatic carbocycles. The highest BCUT2D eigenvalue weighted by Crippen LogP contribution is 2.35. The predicted octanol–water partition coefficient (Wildman–Crippen LogP) is 3.74. The van der Waals surface area contributed by atoms with E-state index < -0.39 is 42.4 Å². The van der Waals surface area contributed by atoms with Crippen LogP contribution in [0, 0.1) is 0 Å². The summed E-state index contributed by atoms with van der Waals surface area (Å²) in [5.74, 6) is -0.0394. The van der Waals surface area contributed by atoms with Crippen molar-refractivity contribution in [2.24, 2.45) is 0 Å².